The van der Waals surface area contributed by atoms with E-state index in [4.69, 9.17) is 21.4 Å². The maximum atomic E-state index is 12.2. The second kappa shape index (κ2) is 8.50. The number of carbonyl (C=O) groups excluding carboxylic acids is 1. The Morgan fingerprint density at radius 2 is 2.00 bits per heavy atom. The molecule has 1 amide bonds. The van der Waals surface area contributed by atoms with Crippen LogP contribution in [0.2, 0.25) is 5.02 Å². The van der Waals surface area contributed by atoms with Gasteiger partial charge in [0.15, 0.2) is 11.3 Å². The third-order valence-corrected chi connectivity index (χ3v) is 5.27. The maximum Gasteiger partial charge on any atom is 0.344 e. The first-order valence-electron chi connectivity index (χ1n) is 8.37. The summed E-state index contributed by atoms with van der Waals surface area (Å²) in [5, 5.41) is 12.7. The predicted octanol–water partition coefficient (Wildman–Crippen LogP) is 4.39. The number of carboxylic acids is 1. The van der Waals surface area contributed by atoms with Crippen molar-refractivity contribution < 1.29 is 19.4 Å². The molecule has 0 aromatic heterocycles. The van der Waals surface area contributed by atoms with Gasteiger partial charge < -0.3 is 15.2 Å². The van der Waals surface area contributed by atoms with Crippen LogP contribution in [0.15, 0.2) is 52.4 Å². The average Bonchev–Trinajstić information content (AvgIpc) is 2.99. The quantitative estimate of drug-likeness (QED) is 0.705. The molecular weight excluding hydrogens is 400 g/mol. The molecule has 1 atom stereocenters. The number of thioether (sulfide) groups is 1. The van der Waals surface area contributed by atoms with E-state index in [1.807, 2.05) is 19.1 Å². The predicted molar refractivity (Wildman–Crippen MR) is 111 cm³/mol. The summed E-state index contributed by atoms with van der Waals surface area (Å²) in [6.07, 6.45) is 0.798. The van der Waals surface area contributed by atoms with E-state index in [-0.39, 0.29) is 5.91 Å². The van der Waals surface area contributed by atoms with Crippen LogP contribution in [0.5, 0.6) is 5.75 Å². The second-order valence-corrected chi connectivity index (χ2v) is 7.47. The van der Waals surface area contributed by atoms with Crippen LogP contribution in [0.3, 0.4) is 0 Å². The zero-order valence-corrected chi connectivity index (χ0v) is 16.7. The van der Waals surface area contributed by atoms with Gasteiger partial charge in [0.1, 0.15) is 5.75 Å². The molecule has 0 aliphatic carbocycles. The lowest BCUT2D eigenvalue weighted by Crippen LogP contribution is -2.22. The molecule has 1 saturated heterocycles. The largest absolute Gasteiger partial charge is 0.479 e. The van der Waals surface area contributed by atoms with Crippen LogP contribution in [-0.4, -0.2) is 28.3 Å². The summed E-state index contributed by atoms with van der Waals surface area (Å²) in [7, 11) is 0. The van der Waals surface area contributed by atoms with Crippen molar-refractivity contribution in [1.29, 1.82) is 0 Å². The molecule has 2 aromatic carbocycles. The van der Waals surface area contributed by atoms with E-state index in [9.17, 15) is 9.59 Å². The van der Waals surface area contributed by atoms with Crippen molar-refractivity contribution in [1.82, 2.24) is 5.32 Å². The first-order valence-corrected chi connectivity index (χ1v) is 9.57. The highest BCUT2D eigenvalue weighted by Crippen LogP contribution is 2.31. The van der Waals surface area contributed by atoms with Crippen molar-refractivity contribution in [3.8, 4) is 5.75 Å². The molecule has 2 N–H and O–H groups in total. The summed E-state index contributed by atoms with van der Waals surface area (Å²) in [4.78, 5) is 28.0. The van der Waals surface area contributed by atoms with Crippen LogP contribution in [0.25, 0.3) is 6.08 Å². The highest BCUT2D eigenvalue weighted by molar-refractivity contribution is 8.18. The van der Waals surface area contributed by atoms with E-state index in [0.717, 1.165) is 11.1 Å². The SMILES string of the molecule is Cc1c(Cl)cccc1N=C1NC(=O)/C(=C/c2ccc(O[C@@H](C)C(=O)O)cc2)S1. The number of nitrogens with zero attached hydrogens (tertiary/aromatic N) is 1. The lowest BCUT2D eigenvalue weighted by Gasteiger charge is -2.10. The Hall–Kier alpha value is -2.77. The Balaban J connectivity index is 1.74. The fourth-order valence-electron chi connectivity index (χ4n) is 2.36. The summed E-state index contributed by atoms with van der Waals surface area (Å²) in [5.74, 6) is -0.825. The Morgan fingerprint density at radius 1 is 1.29 bits per heavy atom. The van der Waals surface area contributed by atoms with Gasteiger partial charge in [-0.2, -0.15) is 0 Å². The molecule has 2 aromatic rings. The zero-order chi connectivity index (χ0) is 20.3. The molecule has 1 heterocycles. The minimum absolute atomic E-state index is 0.233. The number of aliphatic carboxylic acids is 1. The molecule has 0 bridgehead atoms. The van der Waals surface area contributed by atoms with Crippen LogP contribution in [0.1, 0.15) is 18.1 Å². The number of aliphatic imine (C=N–C) groups is 1. The average molecular weight is 417 g/mol. The Bertz CT molecular complexity index is 986. The molecule has 8 heteroatoms. The third kappa shape index (κ3) is 4.74. The Morgan fingerprint density at radius 3 is 2.68 bits per heavy atom. The normalized spacial score (nSPS) is 17.6. The highest BCUT2D eigenvalue weighted by Gasteiger charge is 2.24. The number of amidine groups is 1. The standard InChI is InChI=1S/C20H17ClN2O4S/c1-11-15(21)4-3-5-16(11)22-20-23-18(24)17(28-20)10-13-6-8-14(9-7-13)27-12(2)19(25)26/h3-10,12H,1-2H3,(H,25,26)(H,22,23,24)/b17-10-/t12-/m0/s1. The zero-order valence-electron chi connectivity index (χ0n) is 15.1. The fourth-order valence-corrected chi connectivity index (χ4v) is 3.36. The number of rotatable bonds is 5. The van der Waals surface area contributed by atoms with E-state index in [2.05, 4.69) is 10.3 Å². The van der Waals surface area contributed by atoms with Crippen LogP contribution in [0.4, 0.5) is 5.69 Å². The van der Waals surface area contributed by atoms with E-state index in [0.29, 0.717) is 26.5 Å². The van der Waals surface area contributed by atoms with E-state index >= 15 is 0 Å². The molecule has 6 nitrogen and oxygen atoms in total. The van der Waals surface area contributed by atoms with E-state index < -0.39 is 12.1 Å². The number of nitrogens with one attached hydrogen (secondary N) is 1. The molecule has 3 rings (SSSR count). The minimum atomic E-state index is -1.04. The van der Waals surface area contributed by atoms with Gasteiger partial charge in [0.05, 0.1) is 10.6 Å². The van der Waals surface area contributed by atoms with Crippen molar-refractivity contribution in [2.75, 3.05) is 0 Å². The molecule has 1 aliphatic rings. The first-order chi connectivity index (χ1) is 13.3. The Kier molecular flexibility index (Phi) is 6.06. The van der Waals surface area contributed by atoms with E-state index in [1.54, 1.807) is 36.4 Å². The molecule has 0 spiro atoms. The van der Waals surface area contributed by atoms with Gasteiger partial charge in [0.25, 0.3) is 5.91 Å². The summed E-state index contributed by atoms with van der Waals surface area (Å²) >= 11 is 7.35. The smallest absolute Gasteiger partial charge is 0.344 e. The van der Waals surface area contributed by atoms with Crippen LogP contribution in [-0.2, 0) is 9.59 Å². The van der Waals surface area contributed by atoms with Crippen molar-refractivity contribution in [2.24, 2.45) is 4.99 Å². The lowest BCUT2D eigenvalue weighted by atomic mass is 10.2. The third-order valence-electron chi connectivity index (χ3n) is 3.95. The fraction of sp³-hybridized carbons (Fsp3) is 0.150. The molecule has 0 radical (unpaired) electrons. The van der Waals surface area contributed by atoms with Gasteiger partial charge >= 0.3 is 5.97 Å². The van der Waals surface area contributed by atoms with Crippen LogP contribution in [0, 0.1) is 6.92 Å². The van der Waals surface area contributed by atoms with Crippen molar-refractivity contribution in [2.45, 2.75) is 20.0 Å². The van der Waals surface area contributed by atoms with Gasteiger partial charge in [-0.15, -0.1) is 0 Å². The Labute approximate surface area is 171 Å². The van der Waals surface area contributed by atoms with Gasteiger partial charge in [0.2, 0.25) is 0 Å². The number of carbonyl (C=O) groups is 2. The van der Waals surface area contributed by atoms with Gasteiger partial charge in [-0.1, -0.05) is 29.8 Å². The summed E-state index contributed by atoms with van der Waals surface area (Å²) in [6.45, 7) is 3.33. The number of halogens is 1. The first kappa shape index (κ1) is 20.0. The monoisotopic (exact) mass is 416 g/mol. The molecule has 144 valence electrons. The van der Waals surface area contributed by atoms with Crippen molar-refractivity contribution in [3.63, 3.8) is 0 Å². The molecule has 1 fully saturated rings. The van der Waals surface area contributed by atoms with E-state index in [1.165, 1.54) is 18.7 Å². The minimum Gasteiger partial charge on any atom is -0.479 e. The van der Waals surface area contributed by atoms with Gasteiger partial charge in [-0.25, -0.2) is 9.79 Å². The second-order valence-electron chi connectivity index (χ2n) is 6.03. The number of hydrogen-bond acceptors (Lipinski definition) is 5. The maximum absolute atomic E-state index is 12.2. The molecular formula is C20H17ClN2O4S. The summed E-state index contributed by atoms with van der Waals surface area (Å²) in [5.41, 5.74) is 2.33. The number of carboxylic acid groups (broad SMARTS) is 1. The molecule has 1 aliphatic heterocycles. The molecule has 0 saturated carbocycles. The van der Waals surface area contributed by atoms with Gasteiger partial charge in [-0.3, -0.25) is 4.79 Å². The highest BCUT2D eigenvalue weighted by atomic mass is 35.5. The summed E-state index contributed by atoms with van der Waals surface area (Å²) < 4.78 is 5.29. The number of ether oxygens (including phenoxy) is 1. The van der Waals surface area contributed by atoms with Crippen molar-refractivity contribution >= 4 is 52.2 Å². The topological polar surface area (TPSA) is 88.0 Å². The number of benzene rings is 2. The van der Waals surface area contributed by atoms with Crippen LogP contribution < -0.4 is 10.1 Å². The summed E-state index contributed by atoms with van der Waals surface area (Å²) in [6, 6.07) is 12.3. The van der Waals surface area contributed by atoms with Gasteiger partial charge in [0, 0.05) is 5.02 Å². The van der Waals surface area contributed by atoms with Gasteiger partial charge in [-0.05, 0) is 67.1 Å². The lowest BCUT2D eigenvalue weighted by molar-refractivity contribution is -0.144. The number of hydrogen-bond donors (Lipinski definition) is 2. The molecule has 0 unspecified atom stereocenters. The molecule has 28 heavy (non-hydrogen) atoms. The van der Waals surface area contributed by atoms with Crippen molar-refractivity contribution in [3.05, 3.63) is 63.5 Å². The number of amides is 1. The van der Waals surface area contributed by atoms with Crippen LogP contribution >= 0.6 is 23.4 Å².